The highest BCUT2D eigenvalue weighted by Gasteiger charge is 2.34. The smallest absolute Gasteiger partial charge is 0.208 e. The second kappa shape index (κ2) is 4.42. The molecule has 0 rings (SSSR count). The van der Waals surface area contributed by atoms with Crippen LogP contribution in [0.1, 0.15) is 41.5 Å². The molecule has 0 radical (unpaired) electrons. The Bertz CT molecular complexity index is 280. The first-order chi connectivity index (χ1) is 6.34. The molecule has 0 spiro atoms. The topological polar surface area (TPSA) is 46.2 Å². The fraction of sp³-hybridized carbons (Fsp3) is 1.00. The van der Waals surface area contributed by atoms with E-state index in [9.17, 15) is 8.42 Å². The van der Waals surface area contributed by atoms with Crippen LogP contribution in [0.3, 0.4) is 0 Å². The molecule has 0 aromatic carbocycles. The molecule has 0 aromatic rings. The zero-order valence-corrected chi connectivity index (χ0v) is 11.8. The number of nitrogens with one attached hydrogen (secondary N) is 1. The van der Waals surface area contributed by atoms with Gasteiger partial charge in [-0.25, -0.2) is 13.1 Å². The average molecular weight is 235 g/mol. The van der Waals surface area contributed by atoms with Crippen molar-refractivity contribution in [1.29, 1.82) is 0 Å². The highest BCUT2D eigenvalue weighted by molar-refractivity contribution is 7.88. The molecule has 0 aromatic heterocycles. The Morgan fingerprint density at radius 3 is 1.53 bits per heavy atom. The predicted octanol–water partition coefficient (Wildman–Crippen LogP) is 2.24. The molecule has 0 fully saturated rings. The molecule has 0 bridgehead atoms. The van der Waals surface area contributed by atoms with Crippen molar-refractivity contribution >= 4 is 10.0 Å². The molecule has 4 heteroatoms. The predicted molar refractivity (Wildman–Crippen MR) is 65.2 cm³/mol. The van der Waals surface area contributed by atoms with Gasteiger partial charge in [-0.05, 0) is 16.7 Å². The fourth-order valence-electron chi connectivity index (χ4n) is 2.15. The summed E-state index contributed by atoms with van der Waals surface area (Å²) < 4.78 is 24.8. The molecule has 3 nitrogen and oxygen atoms in total. The molecule has 0 heterocycles. The maximum Gasteiger partial charge on any atom is 0.208 e. The van der Waals surface area contributed by atoms with Gasteiger partial charge in [0.05, 0.1) is 6.26 Å². The lowest BCUT2D eigenvalue weighted by Crippen LogP contribution is -2.41. The van der Waals surface area contributed by atoms with Crippen molar-refractivity contribution in [2.75, 3.05) is 12.8 Å². The molecule has 0 atom stereocenters. The minimum absolute atomic E-state index is 0.0932. The Morgan fingerprint density at radius 1 is 1.00 bits per heavy atom. The number of rotatable bonds is 3. The summed E-state index contributed by atoms with van der Waals surface area (Å²) in [6.45, 7) is 13.4. The summed E-state index contributed by atoms with van der Waals surface area (Å²) in [5.74, 6) is 0.305. The van der Waals surface area contributed by atoms with E-state index in [2.05, 4.69) is 46.3 Å². The van der Waals surface area contributed by atoms with E-state index in [1.54, 1.807) is 0 Å². The van der Waals surface area contributed by atoms with Crippen molar-refractivity contribution in [3.05, 3.63) is 0 Å². The van der Waals surface area contributed by atoms with Crippen LogP contribution in [0.15, 0.2) is 0 Å². The Hall–Kier alpha value is -0.0900. The highest BCUT2D eigenvalue weighted by atomic mass is 32.2. The standard InChI is InChI=1S/C11H25NO2S/c1-10(2,3)9(11(4,5)6)8-12-15(7,13)14/h9,12H,8H2,1-7H3. The van der Waals surface area contributed by atoms with Crippen LogP contribution in [0.2, 0.25) is 0 Å². The van der Waals surface area contributed by atoms with Crippen molar-refractivity contribution in [3.63, 3.8) is 0 Å². The summed E-state index contributed by atoms with van der Waals surface area (Å²) in [7, 11) is -3.09. The fourth-order valence-corrected chi connectivity index (χ4v) is 2.62. The Morgan fingerprint density at radius 2 is 1.33 bits per heavy atom. The number of hydrogen-bond acceptors (Lipinski definition) is 2. The molecule has 0 unspecified atom stereocenters. The van der Waals surface area contributed by atoms with Gasteiger partial charge < -0.3 is 0 Å². The van der Waals surface area contributed by atoms with Crippen molar-refractivity contribution in [2.24, 2.45) is 16.7 Å². The Kier molecular flexibility index (Phi) is 4.39. The third kappa shape index (κ3) is 6.15. The molecular formula is C11H25NO2S. The van der Waals surface area contributed by atoms with Gasteiger partial charge in [-0.1, -0.05) is 41.5 Å². The number of hydrogen-bond donors (Lipinski definition) is 1. The SMILES string of the molecule is CC(C)(C)C(CNS(C)(=O)=O)C(C)(C)C. The first-order valence-corrected chi connectivity index (χ1v) is 7.18. The summed E-state index contributed by atoms with van der Waals surface area (Å²) in [6.07, 6.45) is 1.20. The van der Waals surface area contributed by atoms with Crippen molar-refractivity contribution in [1.82, 2.24) is 4.72 Å². The first-order valence-electron chi connectivity index (χ1n) is 5.28. The van der Waals surface area contributed by atoms with Gasteiger partial charge >= 0.3 is 0 Å². The molecule has 15 heavy (non-hydrogen) atoms. The van der Waals surface area contributed by atoms with Crippen LogP contribution in [-0.4, -0.2) is 21.2 Å². The van der Waals surface area contributed by atoms with E-state index in [1.165, 1.54) is 6.26 Å². The van der Waals surface area contributed by atoms with Crippen molar-refractivity contribution < 1.29 is 8.42 Å². The van der Waals surface area contributed by atoms with Gasteiger partial charge in [0.1, 0.15) is 0 Å². The summed E-state index contributed by atoms with van der Waals surface area (Å²) in [5, 5.41) is 0. The largest absolute Gasteiger partial charge is 0.215 e. The molecule has 0 aliphatic carbocycles. The maximum absolute atomic E-state index is 11.1. The van der Waals surface area contributed by atoms with Crippen molar-refractivity contribution in [2.45, 2.75) is 41.5 Å². The van der Waals surface area contributed by atoms with Gasteiger partial charge in [0.25, 0.3) is 0 Å². The Labute approximate surface area is 94.7 Å². The third-order valence-corrected chi connectivity index (χ3v) is 3.33. The van der Waals surface area contributed by atoms with Crippen LogP contribution in [0.5, 0.6) is 0 Å². The van der Waals surface area contributed by atoms with Gasteiger partial charge in [-0.15, -0.1) is 0 Å². The second-order valence-electron chi connectivity index (χ2n) is 6.41. The van der Waals surface area contributed by atoms with E-state index in [0.717, 1.165) is 0 Å². The Balaban J connectivity index is 4.71. The van der Waals surface area contributed by atoms with Crippen LogP contribution in [0, 0.1) is 16.7 Å². The van der Waals surface area contributed by atoms with E-state index >= 15 is 0 Å². The average Bonchev–Trinajstić information content (AvgIpc) is 1.75. The lowest BCUT2D eigenvalue weighted by molar-refractivity contribution is 0.106. The van der Waals surface area contributed by atoms with E-state index in [-0.39, 0.29) is 10.8 Å². The lowest BCUT2D eigenvalue weighted by atomic mass is 9.67. The van der Waals surface area contributed by atoms with Gasteiger partial charge in [-0.3, -0.25) is 0 Å². The van der Waals surface area contributed by atoms with Gasteiger partial charge in [0.15, 0.2) is 0 Å². The van der Waals surface area contributed by atoms with E-state index in [0.29, 0.717) is 12.5 Å². The normalized spacial score (nSPS) is 14.7. The van der Waals surface area contributed by atoms with Crippen LogP contribution >= 0.6 is 0 Å². The monoisotopic (exact) mass is 235 g/mol. The molecule has 0 aliphatic heterocycles. The zero-order chi connectivity index (χ0) is 12.5. The van der Waals surface area contributed by atoms with Crippen molar-refractivity contribution in [3.8, 4) is 0 Å². The van der Waals surface area contributed by atoms with E-state index < -0.39 is 10.0 Å². The summed E-state index contributed by atoms with van der Waals surface area (Å²) >= 11 is 0. The van der Waals surface area contributed by atoms with Crippen LogP contribution < -0.4 is 4.72 Å². The summed E-state index contributed by atoms with van der Waals surface area (Å²) in [6, 6.07) is 0. The zero-order valence-electron chi connectivity index (χ0n) is 11.0. The minimum atomic E-state index is -3.09. The molecule has 0 saturated carbocycles. The third-order valence-electron chi connectivity index (χ3n) is 2.64. The van der Waals surface area contributed by atoms with Crippen LogP contribution in [-0.2, 0) is 10.0 Å². The molecule has 0 aliphatic rings. The molecular weight excluding hydrogens is 210 g/mol. The maximum atomic E-state index is 11.1. The second-order valence-corrected chi connectivity index (χ2v) is 8.24. The van der Waals surface area contributed by atoms with E-state index in [4.69, 9.17) is 0 Å². The summed E-state index contributed by atoms with van der Waals surface area (Å²) in [4.78, 5) is 0. The lowest BCUT2D eigenvalue weighted by Gasteiger charge is -2.40. The van der Waals surface area contributed by atoms with Crippen LogP contribution in [0.25, 0.3) is 0 Å². The quantitative estimate of drug-likeness (QED) is 0.815. The van der Waals surface area contributed by atoms with Gasteiger partial charge in [0, 0.05) is 6.54 Å². The van der Waals surface area contributed by atoms with Crippen LogP contribution in [0.4, 0.5) is 0 Å². The molecule has 0 saturated heterocycles. The van der Waals surface area contributed by atoms with E-state index in [1.807, 2.05) is 0 Å². The molecule has 0 amide bonds. The van der Waals surface area contributed by atoms with Gasteiger partial charge in [-0.2, -0.15) is 0 Å². The highest BCUT2D eigenvalue weighted by Crippen LogP contribution is 2.39. The molecule has 1 N–H and O–H groups in total. The summed E-state index contributed by atoms with van der Waals surface area (Å²) in [5.41, 5.74) is 0.186. The molecule has 92 valence electrons. The number of sulfonamides is 1. The first kappa shape index (κ1) is 14.9. The van der Waals surface area contributed by atoms with Gasteiger partial charge in [0.2, 0.25) is 10.0 Å². The minimum Gasteiger partial charge on any atom is -0.215 e.